The second-order valence-corrected chi connectivity index (χ2v) is 5.80. The molecule has 0 saturated heterocycles. The van der Waals surface area contributed by atoms with Crippen molar-refractivity contribution in [1.29, 1.82) is 0 Å². The Labute approximate surface area is 148 Å². The summed E-state index contributed by atoms with van der Waals surface area (Å²) in [4.78, 5) is 4.60. The minimum Gasteiger partial charge on any atom is -0.392 e. The van der Waals surface area contributed by atoms with Gasteiger partial charge < -0.3 is 15.7 Å². The normalized spacial score (nSPS) is 11.4. The van der Waals surface area contributed by atoms with Crippen LogP contribution >= 0.6 is 11.6 Å². The highest BCUT2D eigenvalue weighted by atomic mass is 35.5. The van der Waals surface area contributed by atoms with Gasteiger partial charge in [0.15, 0.2) is 5.96 Å². The number of halogens is 1. The van der Waals surface area contributed by atoms with Crippen LogP contribution in [0.1, 0.15) is 23.6 Å². The van der Waals surface area contributed by atoms with E-state index in [0.717, 1.165) is 47.2 Å². The van der Waals surface area contributed by atoms with Crippen LogP contribution in [0.25, 0.3) is 0 Å². The molecule has 0 atom stereocenters. The smallest absolute Gasteiger partial charge is 0.191 e. The SMILES string of the molecule is CCNC(=NCc1ccccc1CO)NCCc1ccccc1Cl. The molecule has 0 heterocycles. The second kappa shape index (κ2) is 9.96. The first-order valence-corrected chi connectivity index (χ1v) is 8.55. The predicted molar refractivity (Wildman–Crippen MR) is 100 cm³/mol. The number of guanidine groups is 1. The lowest BCUT2D eigenvalue weighted by Gasteiger charge is -2.12. The maximum absolute atomic E-state index is 9.39. The summed E-state index contributed by atoms with van der Waals surface area (Å²) in [6, 6.07) is 15.7. The number of aliphatic hydroxyl groups is 1. The zero-order valence-electron chi connectivity index (χ0n) is 13.9. The molecule has 0 spiro atoms. The molecular weight excluding hydrogens is 322 g/mol. The summed E-state index contributed by atoms with van der Waals surface area (Å²) >= 11 is 6.18. The molecule has 0 saturated carbocycles. The highest BCUT2D eigenvalue weighted by molar-refractivity contribution is 6.31. The van der Waals surface area contributed by atoms with E-state index in [4.69, 9.17) is 11.6 Å². The molecule has 0 aliphatic heterocycles. The number of benzene rings is 2. The van der Waals surface area contributed by atoms with Gasteiger partial charge >= 0.3 is 0 Å². The molecular formula is C19H24ClN3O. The van der Waals surface area contributed by atoms with Gasteiger partial charge in [-0.15, -0.1) is 0 Å². The Bertz CT molecular complexity index is 673. The van der Waals surface area contributed by atoms with Crippen molar-refractivity contribution in [2.45, 2.75) is 26.5 Å². The highest BCUT2D eigenvalue weighted by Crippen LogP contribution is 2.14. The number of hydrogen-bond donors (Lipinski definition) is 3. The van der Waals surface area contributed by atoms with E-state index in [1.165, 1.54) is 0 Å². The quantitative estimate of drug-likeness (QED) is 0.534. The number of aliphatic hydroxyl groups excluding tert-OH is 1. The summed E-state index contributed by atoms with van der Waals surface area (Å²) in [5.74, 6) is 0.761. The lowest BCUT2D eigenvalue weighted by molar-refractivity contribution is 0.280. The summed E-state index contributed by atoms with van der Waals surface area (Å²) in [5, 5.41) is 16.7. The fraction of sp³-hybridized carbons (Fsp3) is 0.316. The summed E-state index contributed by atoms with van der Waals surface area (Å²) in [6.45, 7) is 4.13. The first-order chi connectivity index (χ1) is 11.7. The largest absolute Gasteiger partial charge is 0.392 e. The van der Waals surface area contributed by atoms with E-state index < -0.39 is 0 Å². The van der Waals surface area contributed by atoms with E-state index in [1.807, 2.05) is 55.5 Å². The Morgan fingerprint density at radius 3 is 2.33 bits per heavy atom. The maximum atomic E-state index is 9.39. The zero-order chi connectivity index (χ0) is 17.2. The number of nitrogens with one attached hydrogen (secondary N) is 2. The topological polar surface area (TPSA) is 56.7 Å². The molecule has 0 amide bonds. The van der Waals surface area contributed by atoms with Crippen LogP contribution in [-0.2, 0) is 19.6 Å². The average Bonchev–Trinajstić information content (AvgIpc) is 2.61. The van der Waals surface area contributed by atoms with Crippen LogP contribution < -0.4 is 10.6 Å². The molecule has 4 nitrogen and oxygen atoms in total. The van der Waals surface area contributed by atoms with Gasteiger partial charge in [0.25, 0.3) is 0 Å². The number of aliphatic imine (C=N–C) groups is 1. The molecule has 0 aliphatic rings. The van der Waals surface area contributed by atoms with Crippen molar-refractivity contribution in [3.8, 4) is 0 Å². The van der Waals surface area contributed by atoms with Crippen molar-refractivity contribution in [2.75, 3.05) is 13.1 Å². The minimum absolute atomic E-state index is 0.0299. The van der Waals surface area contributed by atoms with E-state index in [1.54, 1.807) is 0 Å². The maximum Gasteiger partial charge on any atom is 0.191 e. The highest BCUT2D eigenvalue weighted by Gasteiger charge is 2.03. The van der Waals surface area contributed by atoms with Crippen molar-refractivity contribution in [1.82, 2.24) is 10.6 Å². The zero-order valence-corrected chi connectivity index (χ0v) is 14.7. The van der Waals surface area contributed by atoms with Crippen LogP contribution in [0.5, 0.6) is 0 Å². The molecule has 2 aromatic rings. The Kier molecular flexibility index (Phi) is 7.59. The summed E-state index contributed by atoms with van der Waals surface area (Å²) < 4.78 is 0. The van der Waals surface area contributed by atoms with Crippen LogP contribution in [0.4, 0.5) is 0 Å². The summed E-state index contributed by atoms with van der Waals surface area (Å²) in [6.07, 6.45) is 0.831. The molecule has 0 bridgehead atoms. The number of rotatable bonds is 7. The fourth-order valence-corrected chi connectivity index (χ4v) is 2.62. The van der Waals surface area contributed by atoms with Crippen LogP contribution in [0.2, 0.25) is 5.02 Å². The third-order valence-corrected chi connectivity index (χ3v) is 4.05. The third-order valence-electron chi connectivity index (χ3n) is 3.69. The van der Waals surface area contributed by atoms with E-state index >= 15 is 0 Å². The molecule has 0 radical (unpaired) electrons. The molecule has 2 rings (SSSR count). The molecule has 3 N–H and O–H groups in total. The van der Waals surface area contributed by atoms with Gasteiger partial charge in [-0.05, 0) is 36.1 Å². The van der Waals surface area contributed by atoms with Crippen molar-refractivity contribution >= 4 is 17.6 Å². The Balaban J connectivity index is 1.94. The van der Waals surface area contributed by atoms with Crippen molar-refractivity contribution in [3.63, 3.8) is 0 Å². The molecule has 0 aromatic heterocycles. The predicted octanol–water partition coefficient (Wildman–Crippen LogP) is 3.13. The van der Waals surface area contributed by atoms with E-state index in [-0.39, 0.29) is 6.61 Å². The summed E-state index contributed by atoms with van der Waals surface area (Å²) in [7, 11) is 0. The van der Waals surface area contributed by atoms with Crippen LogP contribution in [-0.4, -0.2) is 24.2 Å². The van der Waals surface area contributed by atoms with Crippen LogP contribution in [0.15, 0.2) is 53.5 Å². The standard InChI is InChI=1S/C19H24ClN3O/c1-2-21-19(22-12-11-15-7-5-6-10-18(15)20)23-13-16-8-3-4-9-17(16)14-24/h3-10,24H,2,11-14H2,1H3,(H2,21,22,23). The van der Waals surface area contributed by atoms with Gasteiger partial charge in [0.2, 0.25) is 0 Å². The average molecular weight is 346 g/mol. The van der Waals surface area contributed by atoms with E-state index in [9.17, 15) is 5.11 Å². The molecule has 5 heteroatoms. The Morgan fingerprint density at radius 1 is 1.00 bits per heavy atom. The summed E-state index contributed by atoms with van der Waals surface area (Å²) in [5.41, 5.74) is 3.06. The molecule has 128 valence electrons. The van der Waals surface area contributed by atoms with E-state index in [2.05, 4.69) is 15.6 Å². The van der Waals surface area contributed by atoms with Gasteiger partial charge in [-0.2, -0.15) is 0 Å². The van der Waals surface area contributed by atoms with Crippen molar-refractivity contribution < 1.29 is 5.11 Å². The van der Waals surface area contributed by atoms with Crippen LogP contribution in [0.3, 0.4) is 0 Å². The van der Waals surface area contributed by atoms with Crippen LogP contribution in [0, 0.1) is 0 Å². The van der Waals surface area contributed by atoms with Gasteiger partial charge in [0, 0.05) is 18.1 Å². The minimum atomic E-state index is 0.0299. The molecule has 2 aromatic carbocycles. The lowest BCUT2D eigenvalue weighted by atomic mass is 10.1. The molecule has 24 heavy (non-hydrogen) atoms. The van der Waals surface area contributed by atoms with Crippen molar-refractivity contribution in [2.24, 2.45) is 4.99 Å². The molecule has 0 fully saturated rings. The number of nitrogens with zero attached hydrogens (tertiary/aromatic N) is 1. The fourth-order valence-electron chi connectivity index (χ4n) is 2.39. The first kappa shape index (κ1) is 18.3. The van der Waals surface area contributed by atoms with E-state index in [0.29, 0.717) is 6.54 Å². The van der Waals surface area contributed by atoms with Gasteiger partial charge in [-0.25, -0.2) is 4.99 Å². The van der Waals surface area contributed by atoms with Gasteiger partial charge in [-0.3, -0.25) is 0 Å². The lowest BCUT2D eigenvalue weighted by Crippen LogP contribution is -2.38. The number of hydrogen-bond acceptors (Lipinski definition) is 2. The van der Waals surface area contributed by atoms with Crippen molar-refractivity contribution in [3.05, 3.63) is 70.2 Å². The Morgan fingerprint density at radius 2 is 1.67 bits per heavy atom. The molecule has 0 aliphatic carbocycles. The first-order valence-electron chi connectivity index (χ1n) is 8.17. The Hall–Kier alpha value is -2.04. The van der Waals surface area contributed by atoms with Gasteiger partial charge in [0.1, 0.15) is 0 Å². The van der Waals surface area contributed by atoms with Gasteiger partial charge in [0.05, 0.1) is 13.2 Å². The molecule has 0 unspecified atom stereocenters. The second-order valence-electron chi connectivity index (χ2n) is 5.39. The van der Waals surface area contributed by atoms with Gasteiger partial charge in [-0.1, -0.05) is 54.1 Å². The monoisotopic (exact) mass is 345 g/mol. The third kappa shape index (κ3) is 5.55.